The molecule has 0 saturated carbocycles. The summed E-state index contributed by atoms with van der Waals surface area (Å²) in [5.74, 6) is 0. The van der Waals surface area contributed by atoms with Gasteiger partial charge >= 0.3 is 12.0 Å². The van der Waals surface area contributed by atoms with Gasteiger partial charge in [0.25, 0.3) is 0 Å². The summed E-state index contributed by atoms with van der Waals surface area (Å²) in [6, 6.07) is 7.04. The van der Waals surface area contributed by atoms with Crippen molar-refractivity contribution in [2.45, 2.75) is 71.3 Å². The fourth-order valence-corrected chi connectivity index (χ4v) is 4.55. The third-order valence-electron chi connectivity index (χ3n) is 5.43. The first-order valence-corrected chi connectivity index (χ1v) is 14.0. The first-order chi connectivity index (χ1) is 12.4. The summed E-state index contributed by atoms with van der Waals surface area (Å²) in [7, 11) is -1.55. The van der Waals surface area contributed by atoms with Crippen molar-refractivity contribution < 1.29 is 14.0 Å². The number of benzene rings is 1. The second kappa shape index (κ2) is 7.15. The SMILES string of the molecule is CC1(C)OB(c2ccc3c(c2)sc(=O)n3COCC[Si](C)(C)C)OC1(C)C. The maximum Gasteiger partial charge on any atom is 0.494 e. The van der Waals surface area contributed by atoms with E-state index in [1.165, 1.54) is 11.3 Å². The van der Waals surface area contributed by atoms with Crippen LogP contribution in [0.15, 0.2) is 23.0 Å². The highest BCUT2D eigenvalue weighted by Gasteiger charge is 2.51. The fourth-order valence-electron chi connectivity index (χ4n) is 2.87. The summed E-state index contributed by atoms with van der Waals surface area (Å²) in [4.78, 5) is 12.4. The van der Waals surface area contributed by atoms with Crippen LogP contribution < -0.4 is 10.3 Å². The van der Waals surface area contributed by atoms with Gasteiger partial charge in [0.05, 0.1) is 21.4 Å². The van der Waals surface area contributed by atoms with Crippen LogP contribution in [0, 0.1) is 0 Å². The normalized spacial score (nSPS) is 19.1. The third-order valence-corrected chi connectivity index (χ3v) is 8.08. The van der Waals surface area contributed by atoms with Gasteiger partial charge in [0, 0.05) is 14.7 Å². The Labute approximate surface area is 166 Å². The Bertz CT molecular complexity index is 868. The lowest BCUT2D eigenvalue weighted by Gasteiger charge is -2.32. The molecule has 0 spiro atoms. The first-order valence-electron chi connectivity index (χ1n) is 9.46. The van der Waals surface area contributed by atoms with Gasteiger partial charge in [-0.1, -0.05) is 37.0 Å². The van der Waals surface area contributed by atoms with Gasteiger partial charge in [-0.15, -0.1) is 0 Å². The van der Waals surface area contributed by atoms with Crippen molar-refractivity contribution in [2.24, 2.45) is 0 Å². The molecule has 1 aliphatic rings. The van der Waals surface area contributed by atoms with Crippen LogP contribution in [0.5, 0.6) is 0 Å². The van der Waals surface area contributed by atoms with Crippen molar-refractivity contribution in [1.82, 2.24) is 4.57 Å². The summed E-state index contributed by atoms with van der Waals surface area (Å²) in [6.07, 6.45) is 0. The molecule has 0 atom stereocenters. The van der Waals surface area contributed by atoms with E-state index in [9.17, 15) is 4.79 Å². The fraction of sp³-hybridized carbons (Fsp3) is 0.632. The molecule has 0 unspecified atom stereocenters. The second-order valence-corrected chi connectivity index (χ2v) is 16.1. The summed E-state index contributed by atoms with van der Waals surface area (Å²) in [5.41, 5.74) is 1.08. The highest BCUT2D eigenvalue weighted by Crippen LogP contribution is 2.36. The van der Waals surface area contributed by atoms with Gasteiger partial charge in [-0.2, -0.15) is 0 Å². The van der Waals surface area contributed by atoms with Gasteiger partial charge < -0.3 is 14.0 Å². The number of thiazole rings is 1. The predicted molar refractivity (Wildman–Crippen MR) is 116 cm³/mol. The van der Waals surface area contributed by atoms with Crippen LogP contribution in [0.1, 0.15) is 27.7 Å². The average molecular weight is 407 g/mol. The van der Waals surface area contributed by atoms with Crippen molar-refractivity contribution >= 4 is 42.2 Å². The van der Waals surface area contributed by atoms with E-state index in [0.717, 1.165) is 21.7 Å². The van der Waals surface area contributed by atoms with Gasteiger partial charge in [0.1, 0.15) is 6.73 Å². The molecule has 2 aromatic rings. The lowest BCUT2D eigenvalue weighted by molar-refractivity contribution is 0.00578. The monoisotopic (exact) mass is 407 g/mol. The average Bonchev–Trinajstić information content (AvgIpc) is 2.94. The molecule has 8 heteroatoms. The molecule has 5 nitrogen and oxygen atoms in total. The minimum absolute atomic E-state index is 0.00377. The van der Waals surface area contributed by atoms with E-state index < -0.39 is 15.2 Å². The quantitative estimate of drug-likeness (QED) is 0.542. The largest absolute Gasteiger partial charge is 0.494 e. The molecular weight excluding hydrogens is 377 g/mol. The third kappa shape index (κ3) is 4.40. The Balaban J connectivity index is 1.77. The van der Waals surface area contributed by atoms with Gasteiger partial charge in [-0.05, 0) is 51.3 Å². The second-order valence-electron chi connectivity index (χ2n) is 9.46. The molecule has 1 aromatic heterocycles. The molecule has 3 rings (SSSR count). The van der Waals surface area contributed by atoms with E-state index in [1.54, 1.807) is 4.57 Å². The highest BCUT2D eigenvalue weighted by atomic mass is 32.1. The number of nitrogens with zero attached hydrogens (tertiary/aromatic N) is 1. The van der Waals surface area contributed by atoms with Gasteiger partial charge in [0.15, 0.2) is 0 Å². The van der Waals surface area contributed by atoms with Crippen molar-refractivity contribution in [3.05, 3.63) is 27.9 Å². The van der Waals surface area contributed by atoms with E-state index >= 15 is 0 Å². The standard InChI is InChI=1S/C19H30BNO4SSi/c1-18(2)19(3,4)25-20(24-18)14-8-9-15-16(12-14)26-17(22)21(15)13-23-10-11-27(5,6)7/h8-9,12H,10-11,13H2,1-7H3. The number of ether oxygens (including phenoxy) is 1. The Morgan fingerprint density at radius 2 is 1.78 bits per heavy atom. The van der Waals surface area contributed by atoms with Crippen molar-refractivity contribution in [3.63, 3.8) is 0 Å². The minimum atomic E-state index is -1.13. The zero-order valence-corrected chi connectivity index (χ0v) is 19.2. The molecule has 0 N–H and O–H groups in total. The van der Waals surface area contributed by atoms with E-state index in [1.807, 2.05) is 45.9 Å². The number of rotatable bonds is 6. The molecule has 0 radical (unpaired) electrons. The molecule has 27 heavy (non-hydrogen) atoms. The molecule has 0 bridgehead atoms. The van der Waals surface area contributed by atoms with Crippen molar-refractivity contribution in [2.75, 3.05) is 6.61 Å². The Morgan fingerprint density at radius 1 is 1.15 bits per heavy atom. The van der Waals surface area contributed by atoms with E-state index in [2.05, 4.69) is 19.6 Å². The van der Waals surface area contributed by atoms with Crippen LogP contribution in [-0.2, 0) is 20.8 Å². The van der Waals surface area contributed by atoms with Crippen LogP contribution in [0.2, 0.25) is 25.7 Å². The van der Waals surface area contributed by atoms with Crippen LogP contribution >= 0.6 is 11.3 Å². The molecule has 1 saturated heterocycles. The number of fused-ring (bicyclic) bond motifs is 1. The molecule has 0 amide bonds. The number of hydrogen-bond donors (Lipinski definition) is 0. The van der Waals surface area contributed by atoms with Crippen molar-refractivity contribution in [3.8, 4) is 0 Å². The molecule has 1 fully saturated rings. The first kappa shape index (κ1) is 20.8. The Hall–Kier alpha value is -0.928. The Morgan fingerprint density at radius 3 is 2.37 bits per heavy atom. The predicted octanol–water partition coefficient (Wildman–Crippen LogP) is 3.67. The van der Waals surface area contributed by atoms with Crippen molar-refractivity contribution in [1.29, 1.82) is 0 Å². The molecule has 1 aliphatic heterocycles. The summed E-state index contributed by atoms with van der Waals surface area (Å²) < 4.78 is 20.7. The topological polar surface area (TPSA) is 49.7 Å². The van der Waals surface area contributed by atoms with Crippen LogP contribution in [0.4, 0.5) is 0 Å². The zero-order chi connectivity index (χ0) is 20.0. The van der Waals surface area contributed by atoms with Gasteiger partial charge in [-0.3, -0.25) is 9.36 Å². The maximum absolute atomic E-state index is 12.4. The molecule has 148 valence electrons. The maximum atomic E-state index is 12.4. The highest BCUT2D eigenvalue weighted by molar-refractivity contribution is 7.16. The van der Waals surface area contributed by atoms with E-state index in [-0.39, 0.29) is 16.1 Å². The molecule has 1 aromatic carbocycles. The van der Waals surface area contributed by atoms with Crippen LogP contribution in [0.25, 0.3) is 10.2 Å². The smallest absolute Gasteiger partial charge is 0.399 e. The zero-order valence-electron chi connectivity index (χ0n) is 17.4. The van der Waals surface area contributed by atoms with Crippen LogP contribution in [0.3, 0.4) is 0 Å². The van der Waals surface area contributed by atoms with Gasteiger partial charge in [0.2, 0.25) is 0 Å². The van der Waals surface area contributed by atoms with E-state index in [0.29, 0.717) is 13.3 Å². The van der Waals surface area contributed by atoms with Crippen LogP contribution in [-0.4, -0.2) is 37.6 Å². The summed E-state index contributed by atoms with van der Waals surface area (Å²) in [5, 5.41) is 0. The Kier molecular flexibility index (Phi) is 5.51. The summed E-state index contributed by atoms with van der Waals surface area (Å²) >= 11 is 1.24. The number of hydrogen-bond acceptors (Lipinski definition) is 5. The number of aromatic nitrogens is 1. The summed E-state index contributed by atoms with van der Waals surface area (Å²) in [6.45, 7) is 16.1. The lowest BCUT2D eigenvalue weighted by atomic mass is 9.79. The molecule has 0 aliphatic carbocycles. The van der Waals surface area contributed by atoms with Gasteiger partial charge in [-0.25, -0.2) is 0 Å². The lowest BCUT2D eigenvalue weighted by Crippen LogP contribution is -2.41. The molecule has 2 heterocycles. The minimum Gasteiger partial charge on any atom is -0.399 e. The van der Waals surface area contributed by atoms with E-state index in [4.69, 9.17) is 14.0 Å². The molecular formula is C19H30BNO4SSi.